The highest BCUT2D eigenvalue weighted by molar-refractivity contribution is 5.93. The number of hydrogen-bond acceptors (Lipinski definition) is 6. The van der Waals surface area contributed by atoms with Gasteiger partial charge in [-0.15, -0.1) is 0 Å². The van der Waals surface area contributed by atoms with E-state index in [1.54, 1.807) is 19.1 Å². The topological polar surface area (TPSA) is 113 Å². The summed E-state index contributed by atoms with van der Waals surface area (Å²) in [5.41, 5.74) is 6.63. The molecule has 0 aliphatic carbocycles. The van der Waals surface area contributed by atoms with Crippen molar-refractivity contribution in [3.63, 3.8) is 0 Å². The molecule has 2 aromatic rings. The van der Waals surface area contributed by atoms with Crippen molar-refractivity contribution in [1.82, 2.24) is 9.97 Å². The van der Waals surface area contributed by atoms with Crippen LogP contribution in [0, 0.1) is 12.8 Å². The first-order valence-electron chi connectivity index (χ1n) is 8.34. The van der Waals surface area contributed by atoms with Gasteiger partial charge < -0.3 is 20.8 Å². The third-order valence-corrected chi connectivity index (χ3v) is 4.64. The van der Waals surface area contributed by atoms with Crippen LogP contribution in [-0.4, -0.2) is 39.2 Å². The molecule has 4 N–H and O–H groups in total. The van der Waals surface area contributed by atoms with Crippen LogP contribution >= 0.6 is 0 Å². The fourth-order valence-electron chi connectivity index (χ4n) is 3.20. The van der Waals surface area contributed by atoms with Crippen LogP contribution in [0.25, 0.3) is 0 Å². The molecule has 1 saturated heterocycles. The number of anilines is 1. The molecule has 0 bridgehead atoms. The van der Waals surface area contributed by atoms with E-state index in [1.807, 2.05) is 12.1 Å². The molecule has 0 unspecified atom stereocenters. The van der Waals surface area contributed by atoms with Crippen molar-refractivity contribution in [3.05, 3.63) is 41.5 Å². The number of aromatic hydroxyl groups is 2. The lowest BCUT2D eigenvalue weighted by molar-refractivity contribution is 0.0992. The van der Waals surface area contributed by atoms with Crippen LogP contribution in [0.5, 0.6) is 11.5 Å². The number of hydrogen-bond donors (Lipinski definition) is 3. The number of aromatic nitrogens is 2. The molecule has 25 heavy (non-hydrogen) atoms. The maximum Gasteiger partial charge on any atom is 0.271 e. The predicted molar refractivity (Wildman–Crippen MR) is 93.7 cm³/mol. The monoisotopic (exact) mass is 342 g/mol. The van der Waals surface area contributed by atoms with Gasteiger partial charge in [0.05, 0.1) is 5.69 Å². The molecule has 0 radical (unpaired) electrons. The molecule has 0 atom stereocenters. The lowest BCUT2D eigenvalue weighted by Crippen LogP contribution is -2.34. The molecular weight excluding hydrogens is 320 g/mol. The van der Waals surface area contributed by atoms with Gasteiger partial charge in [0.25, 0.3) is 5.91 Å². The van der Waals surface area contributed by atoms with Gasteiger partial charge in [-0.2, -0.15) is 0 Å². The van der Waals surface area contributed by atoms with Crippen molar-refractivity contribution in [1.29, 1.82) is 0 Å². The number of rotatable bonds is 4. The number of nitrogens with zero attached hydrogens (tertiary/aromatic N) is 3. The fraction of sp³-hybridized carbons (Fsp3) is 0.389. The van der Waals surface area contributed by atoms with E-state index >= 15 is 0 Å². The number of phenolic OH excluding ortho intramolecular Hbond substituents is 1. The number of piperidine rings is 1. The summed E-state index contributed by atoms with van der Waals surface area (Å²) >= 11 is 0. The van der Waals surface area contributed by atoms with Crippen LogP contribution in [0.3, 0.4) is 0 Å². The highest BCUT2D eigenvalue weighted by Gasteiger charge is 2.22. The quantitative estimate of drug-likeness (QED) is 0.780. The molecule has 7 nitrogen and oxygen atoms in total. The Kier molecular flexibility index (Phi) is 4.74. The minimum atomic E-state index is -0.744. The molecular formula is C18H22N4O3. The second-order valence-electron chi connectivity index (χ2n) is 6.44. The minimum absolute atomic E-state index is 0.107. The standard InChI is InChI=1S/C18H22N4O3/c1-11-17(24)16(18(19)25)21-15(20-11)10-12-6-8-22(9-7-12)13-2-4-14(23)5-3-13/h2-5,12,23-24H,6-10H2,1H3,(H2,19,25). The van der Waals surface area contributed by atoms with Crippen LogP contribution in [0.4, 0.5) is 5.69 Å². The first-order valence-corrected chi connectivity index (χ1v) is 8.34. The van der Waals surface area contributed by atoms with Gasteiger partial charge in [-0.1, -0.05) is 0 Å². The molecule has 7 heteroatoms. The number of phenols is 1. The third-order valence-electron chi connectivity index (χ3n) is 4.64. The van der Waals surface area contributed by atoms with Crippen LogP contribution in [0.2, 0.25) is 0 Å². The van der Waals surface area contributed by atoms with E-state index in [-0.39, 0.29) is 17.2 Å². The van der Waals surface area contributed by atoms with Crippen molar-refractivity contribution >= 4 is 11.6 Å². The maximum absolute atomic E-state index is 11.4. The average molecular weight is 342 g/mol. The van der Waals surface area contributed by atoms with E-state index in [0.717, 1.165) is 31.6 Å². The van der Waals surface area contributed by atoms with E-state index in [9.17, 15) is 15.0 Å². The highest BCUT2D eigenvalue weighted by atomic mass is 16.3. The van der Waals surface area contributed by atoms with Gasteiger partial charge in [0.1, 0.15) is 11.6 Å². The number of carbonyl (C=O) groups excluding carboxylic acids is 1. The number of amides is 1. The van der Waals surface area contributed by atoms with Crippen molar-refractivity contribution in [2.75, 3.05) is 18.0 Å². The summed E-state index contributed by atoms with van der Waals surface area (Å²) in [6, 6.07) is 7.22. The van der Waals surface area contributed by atoms with Gasteiger partial charge in [-0.3, -0.25) is 4.79 Å². The van der Waals surface area contributed by atoms with Crippen LogP contribution in [0.1, 0.15) is 34.8 Å². The molecule has 1 amide bonds. The normalized spacial score (nSPS) is 15.3. The Morgan fingerprint density at radius 3 is 2.44 bits per heavy atom. The predicted octanol–water partition coefficient (Wildman–Crippen LogP) is 1.75. The second kappa shape index (κ2) is 6.96. The number of nitrogens with two attached hydrogens (primary N) is 1. The Balaban J connectivity index is 1.64. The Bertz CT molecular complexity index is 769. The zero-order chi connectivity index (χ0) is 18.0. The highest BCUT2D eigenvalue weighted by Crippen LogP contribution is 2.27. The largest absolute Gasteiger partial charge is 0.508 e. The maximum atomic E-state index is 11.4. The van der Waals surface area contributed by atoms with Gasteiger partial charge in [0, 0.05) is 25.2 Å². The van der Waals surface area contributed by atoms with Crippen molar-refractivity contribution in [3.8, 4) is 11.5 Å². The van der Waals surface area contributed by atoms with Crippen molar-refractivity contribution in [2.24, 2.45) is 11.7 Å². The molecule has 1 aromatic heterocycles. The summed E-state index contributed by atoms with van der Waals surface area (Å²) in [5, 5.41) is 19.2. The van der Waals surface area contributed by atoms with Crippen LogP contribution in [-0.2, 0) is 6.42 Å². The van der Waals surface area contributed by atoms with E-state index in [2.05, 4.69) is 14.9 Å². The van der Waals surface area contributed by atoms with Crippen molar-refractivity contribution in [2.45, 2.75) is 26.2 Å². The van der Waals surface area contributed by atoms with Crippen LogP contribution in [0.15, 0.2) is 24.3 Å². The zero-order valence-electron chi connectivity index (χ0n) is 14.1. The summed E-state index contributed by atoms with van der Waals surface area (Å²) < 4.78 is 0. The zero-order valence-corrected chi connectivity index (χ0v) is 14.1. The van der Waals surface area contributed by atoms with E-state index in [1.165, 1.54) is 0 Å². The summed E-state index contributed by atoms with van der Waals surface area (Å²) in [7, 11) is 0. The first-order chi connectivity index (χ1) is 11.9. The Hall–Kier alpha value is -2.83. The van der Waals surface area contributed by atoms with Gasteiger partial charge in [-0.05, 0) is 49.9 Å². The van der Waals surface area contributed by atoms with E-state index in [4.69, 9.17) is 5.73 Å². The van der Waals surface area contributed by atoms with Gasteiger partial charge in [0.2, 0.25) is 0 Å². The molecule has 2 heterocycles. The molecule has 132 valence electrons. The third kappa shape index (κ3) is 3.81. The summed E-state index contributed by atoms with van der Waals surface area (Å²) in [6.45, 7) is 3.46. The van der Waals surface area contributed by atoms with E-state index in [0.29, 0.717) is 23.9 Å². The molecule has 1 aliphatic heterocycles. The van der Waals surface area contributed by atoms with Gasteiger partial charge in [0.15, 0.2) is 11.4 Å². The number of aryl methyl sites for hydroxylation is 1. The second-order valence-corrected chi connectivity index (χ2v) is 6.44. The summed E-state index contributed by atoms with van der Waals surface area (Å²) in [5.74, 6) is 0.249. The number of primary amides is 1. The Labute approximate surface area is 146 Å². The lowest BCUT2D eigenvalue weighted by atomic mass is 9.93. The SMILES string of the molecule is Cc1nc(CC2CCN(c3ccc(O)cc3)CC2)nc(C(N)=O)c1O. The molecule has 1 aromatic carbocycles. The summed E-state index contributed by atoms with van der Waals surface area (Å²) in [6.07, 6.45) is 2.62. The molecule has 1 aliphatic rings. The summed E-state index contributed by atoms with van der Waals surface area (Å²) in [4.78, 5) is 22.1. The van der Waals surface area contributed by atoms with Crippen molar-refractivity contribution < 1.29 is 15.0 Å². The molecule has 1 fully saturated rings. The Morgan fingerprint density at radius 2 is 1.84 bits per heavy atom. The Morgan fingerprint density at radius 1 is 1.20 bits per heavy atom. The van der Waals surface area contributed by atoms with E-state index < -0.39 is 5.91 Å². The lowest BCUT2D eigenvalue weighted by Gasteiger charge is -2.33. The van der Waals surface area contributed by atoms with Crippen LogP contribution < -0.4 is 10.6 Å². The smallest absolute Gasteiger partial charge is 0.271 e. The minimum Gasteiger partial charge on any atom is -0.508 e. The molecule has 0 saturated carbocycles. The molecule has 3 rings (SSSR count). The van der Waals surface area contributed by atoms with Gasteiger partial charge in [-0.25, -0.2) is 9.97 Å². The first kappa shape index (κ1) is 17.0. The van der Waals surface area contributed by atoms with Gasteiger partial charge >= 0.3 is 0 Å². The fourth-order valence-corrected chi connectivity index (χ4v) is 3.20. The number of carbonyl (C=O) groups is 1. The average Bonchev–Trinajstić information content (AvgIpc) is 2.59. The molecule has 0 spiro atoms. The number of benzene rings is 1.